The molecule has 0 aliphatic carbocycles. The molecule has 4 rings (SSSR count). The molecule has 0 amide bonds. The van der Waals surface area contributed by atoms with Crippen LogP contribution in [0.2, 0.25) is 0 Å². The Kier molecular flexibility index (Phi) is 4.53. The van der Waals surface area contributed by atoms with Crippen molar-refractivity contribution < 1.29 is 9.90 Å². The number of H-pyrrole nitrogens is 1. The van der Waals surface area contributed by atoms with Gasteiger partial charge in [-0.25, -0.2) is 4.79 Å². The minimum absolute atomic E-state index is 0.126. The van der Waals surface area contributed by atoms with Crippen molar-refractivity contribution in [2.24, 2.45) is 0 Å². The maximum absolute atomic E-state index is 13.6. The molecule has 0 atom stereocenters. The summed E-state index contributed by atoms with van der Waals surface area (Å²) in [7, 11) is 0. The molecule has 0 bridgehead atoms. The Bertz CT molecular complexity index is 1230. The molecule has 4 aromatic rings. The van der Waals surface area contributed by atoms with Crippen LogP contribution in [0.25, 0.3) is 33.3 Å². The van der Waals surface area contributed by atoms with Gasteiger partial charge in [0.1, 0.15) is 0 Å². The van der Waals surface area contributed by atoms with Crippen molar-refractivity contribution in [3.8, 4) is 22.4 Å². The van der Waals surface area contributed by atoms with Crippen LogP contribution in [0.15, 0.2) is 77.6 Å². The van der Waals surface area contributed by atoms with Crippen molar-refractivity contribution in [3.05, 3.63) is 94.1 Å². The highest BCUT2D eigenvalue weighted by Gasteiger charge is 2.18. The molecule has 2 N–H and O–H groups in total. The Morgan fingerprint density at radius 1 is 0.929 bits per heavy atom. The minimum Gasteiger partial charge on any atom is -0.478 e. The fourth-order valence-electron chi connectivity index (χ4n) is 3.57. The number of pyridine rings is 1. The first-order valence-electron chi connectivity index (χ1n) is 9.17. The van der Waals surface area contributed by atoms with Gasteiger partial charge in [0.25, 0.3) is 0 Å². The summed E-state index contributed by atoms with van der Waals surface area (Å²) in [5.74, 6) is -1.04. The van der Waals surface area contributed by atoms with Gasteiger partial charge in [0.15, 0.2) is 5.43 Å². The van der Waals surface area contributed by atoms with Crippen molar-refractivity contribution in [1.82, 2.24) is 4.98 Å². The zero-order chi connectivity index (χ0) is 19.7. The lowest BCUT2D eigenvalue weighted by Gasteiger charge is -2.15. The van der Waals surface area contributed by atoms with Crippen LogP contribution in [0.4, 0.5) is 0 Å². The van der Waals surface area contributed by atoms with Crippen LogP contribution in [-0.4, -0.2) is 16.1 Å². The van der Waals surface area contributed by atoms with Crippen LogP contribution in [0.1, 0.15) is 22.8 Å². The van der Waals surface area contributed by atoms with Gasteiger partial charge in [-0.1, -0.05) is 67.6 Å². The Morgan fingerprint density at radius 3 is 2.11 bits per heavy atom. The largest absolute Gasteiger partial charge is 0.478 e. The van der Waals surface area contributed by atoms with E-state index in [9.17, 15) is 14.7 Å². The van der Waals surface area contributed by atoms with E-state index in [4.69, 9.17) is 0 Å². The van der Waals surface area contributed by atoms with E-state index in [0.717, 1.165) is 22.4 Å². The van der Waals surface area contributed by atoms with Crippen LogP contribution in [0.5, 0.6) is 0 Å². The molecule has 0 aliphatic rings. The first kappa shape index (κ1) is 17.7. The quantitative estimate of drug-likeness (QED) is 0.524. The van der Waals surface area contributed by atoms with Crippen molar-refractivity contribution in [2.45, 2.75) is 13.3 Å². The third-order valence-corrected chi connectivity index (χ3v) is 4.94. The van der Waals surface area contributed by atoms with E-state index in [1.807, 2.05) is 67.6 Å². The van der Waals surface area contributed by atoms with Gasteiger partial charge >= 0.3 is 5.97 Å². The number of rotatable bonds is 4. The number of benzene rings is 3. The predicted octanol–water partition coefficient (Wildman–Crippen LogP) is 5.12. The Morgan fingerprint density at radius 2 is 1.54 bits per heavy atom. The summed E-state index contributed by atoms with van der Waals surface area (Å²) in [5.41, 5.74) is 4.44. The lowest BCUT2D eigenvalue weighted by molar-refractivity contribution is 0.0697. The number of carboxylic acids is 1. The molecule has 0 saturated heterocycles. The first-order valence-corrected chi connectivity index (χ1v) is 9.17. The van der Waals surface area contributed by atoms with Crippen molar-refractivity contribution in [2.75, 3.05) is 0 Å². The van der Waals surface area contributed by atoms with Crippen LogP contribution in [0, 0.1) is 0 Å². The Balaban J connectivity index is 2.17. The molecule has 0 fully saturated rings. The average molecular weight is 369 g/mol. The molecule has 0 unspecified atom stereocenters. The van der Waals surface area contributed by atoms with E-state index in [-0.39, 0.29) is 11.0 Å². The SMILES string of the molecule is CCc1cc(C(=O)O)cc2c(=O)c(-c3ccccc3)c(-c3ccccc3)[nH]c12. The summed E-state index contributed by atoms with van der Waals surface area (Å²) in [6, 6.07) is 22.3. The van der Waals surface area contributed by atoms with E-state index < -0.39 is 5.97 Å². The maximum atomic E-state index is 13.6. The lowest BCUT2D eigenvalue weighted by Crippen LogP contribution is -2.12. The van der Waals surface area contributed by atoms with Crippen LogP contribution in [-0.2, 0) is 6.42 Å². The summed E-state index contributed by atoms with van der Waals surface area (Å²) < 4.78 is 0. The second-order valence-electron chi connectivity index (χ2n) is 6.65. The van der Waals surface area contributed by atoms with Crippen molar-refractivity contribution in [1.29, 1.82) is 0 Å². The molecule has 4 nitrogen and oxygen atoms in total. The molecule has 0 spiro atoms. The molecule has 1 heterocycles. The number of hydrogen-bond donors (Lipinski definition) is 2. The summed E-state index contributed by atoms with van der Waals surface area (Å²) >= 11 is 0. The summed E-state index contributed by atoms with van der Waals surface area (Å²) in [4.78, 5) is 28.6. The molecular formula is C24H19NO3. The number of aryl methyl sites for hydroxylation is 1. The number of hydrogen-bond acceptors (Lipinski definition) is 2. The molecule has 28 heavy (non-hydrogen) atoms. The topological polar surface area (TPSA) is 70.2 Å². The van der Waals surface area contributed by atoms with Gasteiger partial charge in [0, 0.05) is 5.39 Å². The molecule has 1 aromatic heterocycles. The molecule has 138 valence electrons. The standard InChI is InChI=1S/C24H19NO3/c1-2-15-13-18(24(27)28)14-19-21(15)25-22(17-11-7-4-8-12-17)20(23(19)26)16-9-5-3-6-10-16/h3-14H,2H2,1H3,(H,25,26)(H,27,28). The molecule has 3 aromatic carbocycles. The number of aromatic nitrogens is 1. The van der Waals surface area contributed by atoms with Crippen molar-refractivity contribution in [3.63, 3.8) is 0 Å². The normalized spacial score (nSPS) is 10.9. The monoisotopic (exact) mass is 369 g/mol. The number of nitrogens with one attached hydrogen (secondary N) is 1. The van der Waals surface area contributed by atoms with Gasteiger partial charge in [-0.05, 0) is 35.2 Å². The van der Waals surface area contributed by atoms with Gasteiger partial charge < -0.3 is 10.1 Å². The number of carbonyl (C=O) groups is 1. The number of aromatic carboxylic acids is 1. The fourth-order valence-corrected chi connectivity index (χ4v) is 3.57. The third-order valence-electron chi connectivity index (χ3n) is 4.94. The maximum Gasteiger partial charge on any atom is 0.335 e. The molecule has 4 heteroatoms. The van der Waals surface area contributed by atoms with E-state index in [1.54, 1.807) is 6.07 Å². The average Bonchev–Trinajstić information content (AvgIpc) is 2.74. The number of aromatic amines is 1. The van der Waals surface area contributed by atoms with Gasteiger partial charge in [0.05, 0.1) is 22.3 Å². The van der Waals surface area contributed by atoms with Gasteiger partial charge in [-0.3, -0.25) is 4.79 Å². The van der Waals surface area contributed by atoms with Crippen molar-refractivity contribution >= 4 is 16.9 Å². The fraction of sp³-hybridized carbons (Fsp3) is 0.0833. The van der Waals surface area contributed by atoms with Gasteiger partial charge in [0.2, 0.25) is 0 Å². The molecule has 0 aliphatic heterocycles. The number of carboxylic acid groups (broad SMARTS) is 1. The highest BCUT2D eigenvalue weighted by atomic mass is 16.4. The first-order chi connectivity index (χ1) is 13.6. The highest BCUT2D eigenvalue weighted by molar-refractivity contribution is 5.98. The number of fused-ring (bicyclic) bond motifs is 1. The second kappa shape index (κ2) is 7.16. The summed E-state index contributed by atoms with van der Waals surface area (Å²) in [5, 5.41) is 9.86. The van der Waals surface area contributed by atoms with E-state index in [1.165, 1.54) is 6.07 Å². The van der Waals surface area contributed by atoms with Crippen LogP contribution in [0.3, 0.4) is 0 Å². The lowest BCUT2D eigenvalue weighted by atomic mass is 9.94. The van der Waals surface area contributed by atoms with E-state index >= 15 is 0 Å². The highest BCUT2D eigenvalue weighted by Crippen LogP contribution is 2.31. The van der Waals surface area contributed by atoms with E-state index in [2.05, 4.69) is 4.98 Å². The minimum atomic E-state index is -1.04. The van der Waals surface area contributed by atoms with Gasteiger partial charge in [-0.15, -0.1) is 0 Å². The Hall–Kier alpha value is -3.66. The zero-order valence-corrected chi connectivity index (χ0v) is 15.4. The molecule has 0 saturated carbocycles. The Labute approximate surface area is 162 Å². The smallest absolute Gasteiger partial charge is 0.335 e. The zero-order valence-electron chi connectivity index (χ0n) is 15.4. The van der Waals surface area contributed by atoms with Gasteiger partial charge in [-0.2, -0.15) is 0 Å². The molecular weight excluding hydrogens is 350 g/mol. The molecule has 0 radical (unpaired) electrons. The predicted molar refractivity (Wildman–Crippen MR) is 112 cm³/mol. The second-order valence-corrected chi connectivity index (χ2v) is 6.65. The summed E-state index contributed by atoms with van der Waals surface area (Å²) in [6.07, 6.45) is 0.618. The van der Waals surface area contributed by atoms with Crippen LogP contribution >= 0.6 is 0 Å². The van der Waals surface area contributed by atoms with E-state index in [0.29, 0.717) is 22.9 Å². The third kappa shape index (κ3) is 2.99. The van der Waals surface area contributed by atoms with Crippen LogP contribution < -0.4 is 5.43 Å². The summed E-state index contributed by atoms with van der Waals surface area (Å²) in [6.45, 7) is 1.95.